The molecule has 96 valence electrons. The van der Waals surface area contributed by atoms with Crippen molar-refractivity contribution < 1.29 is 4.74 Å². The number of H-pyrrole nitrogens is 1. The van der Waals surface area contributed by atoms with Crippen molar-refractivity contribution >= 4 is 22.5 Å². The van der Waals surface area contributed by atoms with Crippen LogP contribution in [0.4, 0.5) is 0 Å². The number of aromatic nitrogens is 3. The van der Waals surface area contributed by atoms with Crippen LogP contribution >= 0.6 is 11.6 Å². The van der Waals surface area contributed by atoms with E-state index in [4.69, 9.17) is 16.3 Å². The average molecular weight is 274 g/mol. The number of alkyl halides is 1. The highest BCUT2D eigenvalue weighted by atomic mass is 35.5. The SMILES string of the molecule is Cc1cc(Oc2cc(CCl)c3ccccc3n2)n[nH]1. The third-order valence-corrected chi connectivity index (χ3v) is 3.10. The summed E-state index contributed by atoms with van der Waals surface area (Å²) in [5, 5.41) is 7.90. The Kier molecular flexibility index (Phi) is 3.09. The van der Waals surface area contributed by atoms with E-state index in [0.717, 1.165) is 22.2 Å². The van der Waals surface area contributed by atoms with Crippen LogP contribution in [0, 0.1) is 6.92 Å². The molecule has 0 amide bonds. The zero-order valence-corrected chi connectivity index (χ0v) is 11.1. The summed E-state index contributed by atoms with van der Waals surface area (Å²) in [7, 11) is 0. The van der Waals surface area contributed by atoms with E-state index >= 15 is 0 Å². The van der Waals surface area contributed by atoms with Gasteiger partial charge in [-0.25, -0.2) is 4.98 Å². The predicted octanol–water partition coefficient (Wildman–Crippen LogP) is 3.80. The first kappa shape index (κ1) is 12.0. The second kappa shape index (κ2) is 4.90. The molecule has 2 aromatic heterocycles. The molecule has 1 N–H and O–H groups in total. The van der Waals surface area contributed by atoms with Crippen LogP contribution in [0.5, 0.6) is 11.8 Å². The lowest BCUT2D eigenvalue weighted by Crippen LogP contribution is -1.92. The van der Waals surface area contributed by atoms with E-state index in [1.807, 2.05) is 43.3 Å². The molecule has 3 rings (SSSR count). The molecule has 0 radical (unpaired) electrons. The molecule has 19 heavy (non-hydrogen) atoms. The van der Waals surface area contributed by atoms with Crippen LogP contribution in [0.3, 0.4) is 0 Å². The molecule has 3 aromatic rings. The highest BCUT2D eigenvalue weighted by Gasteiger charge is 2.07. The van der Waals surface area contributed by atoms with E-state index in [2.05, 4.69) is 15.2 Å². The molecule has 0 bridgehead atoms. The second-order valence-corrected chi connectivity index (χ2v) is 4.53. The van der Waals surface area contributed by atoms with Crippen LogP contribution in [-0.2, 0) is 5.88 Å². The number of pyridine rings is 1. The van der Waals surface area contributed by atoms with Gasteiger partial charge in [-0.3, -0.25) is 5.10 Å². The van der Waals surface area contributed by atoms with Crippen molar-refractivity contribution in [1.29, 1.82) is 0 Å². The second-order valence-electron chi connectivity index (χ2n) is 4.26. The minimum Gasteiger partial charge on any atom is -0.419 e. The predicted molar refractivity (Wildman–Crippen MR) is 74.7 cm³/mol. The summed E-state index contributed by atoms with van der Waals surface area (Å²) in [6, 6.07) is 11.5. The fraction of sp³-hybridized carbons (Fsp3) is 0.143. The van der Waals surface area contributed by atoms with Gasteiger partial charge in [-0.1, -0.05) is 18.2 Å². The van der Waals surface area contributed by atoms with E-state index in [9.17, 15) is 0 Å². The summed E-state index contributed by atoms with van der Waals surface area (Å²) in [5.41, 5.74) is 2.80. The Hall–Kier alpha value is -2.07. The largest absolute Gasteiger partial charge is 0.419 e. The molecular formula is C14H12ClN3O. The zero-order valence-electron chi connectivity index (χ0n) is 10.4. The summed E-state index contributed by atoms with van der Waals surface area (Å²) in [6.45, 7) is 1.91. The number of para-hydroxylation sites is 1. The number of hydrogen-bond acceptors (Lipinski definition) is 3. The van der Waals surface area contributed by atoms with Gasteiger partial charge in [0.2, 0.25) is 11.8 Å². The molecule has 0 spiro atoms. The van der Waals surface area contributed by atoms with Gasteiger partial charge in [0.15, 0.2) is 0 Å². The van der Waals surface area contributed by atoms with Gasteiger partial charge in [-0.05, 0) is 18.6 Å². The first-order valence-corrected chi connectivity index (χ1v) is 6.44. The summed E-state index contributed by atoms with van der Waals surface area (Å²) in [6.07, 6.45) is 0. The number of nitrogens with zero attached hydrogens (tertiary/aromatic N) is 2. The quantitative estimate of drug-likeness (QED) is 0.739. The van der Waals surface area contributed by atoms with E-state index in [-0.39, 0.29) is 0 Å². The van der Waals surface area contributed by atoms with E-state index in [1.165, 1.54) is 0 Å². The lowest BCUT2D eigenvalue weighted by atomic mass is 10.1. The van der Waals surface area contributed by atoms with Gasteiger partial charge >= 0.3 is 0 Å². The lowest BCUT2D eigenvalue weighted by Gasteiger charge is -2.07. The molecule has 0 aliphatic carbocycles. The number of rotatable bonds is 3. The topological polar surface area (TPSA) is 50.8 Å². The minimum absolute atomic E-state index is 0.416. The van der Waals surface area contributed by atoms with Gasteiger partial charge in [-0.15, -0.1) is 16.7 Å². The van der Waals surface area contributed by atoms with Crippen molar-refractivity contribution in [1.82, 2.24) is 15.2 Å². The monoisotopic (exact) mass is 273 g/mol. The number of aromatic amines is 1. The minimum atomic E-state index is 0.416. The van der Waals surface area contributed by atoms with Crippen molar-refractivity contribution in [3.63, 3.8) is 0 Å². The van der Waals surface area contributed by atoms with E-state index in [1.54, 1.807) is 0 Å². The van der Waals surface area contributed by atoms with Crippen LogP contribution < -0.4 is 4.74 Å². The van der Waals surface area contributed by atoms with Crippen LogP contribution in [0.15, 0.2) is 36.4 Å². The normalized spacial score (nSPS) is 10.8. The molecule has 0 fully saturated rings. The lowest BCUT2D eigenvalue weighted by molar-refractivity contribution is 0.445. The third kappa shape index (κ3) is 2.39. The van der Waals surface area contributed by atoms with Crippen LogP contribution in [-0.4, -0.2) is 15.2 Å². The molecule has 4 nitrogen and oxygen atoms in total. The molecule has 0 aliphatic heterocycles. The van der Waals surface area contributed by atoms with Gasteiger partial charge < -0.3 is 4.74 Å². The van der Waals surface area contributed by atoms with Crippen molar-refractivity contribution in [2.75, 3.05) is 0 Å². The molecule has 5 heteroatoms. The molecule has 0 unspecified atom stereocenters. The number of halogens is 1. The smallest absolute Gasteiger partial charge is 0.240 e. The van der Waals surface area contributed by atoms with Crippen LogP contribution in [0.1, 0.15) is 11.3 Å². The highest BCUT2D eigenvalue weighted by molar-refractivity contribution is 6.18. The van der Waals surface area contributed by atoms with Gasteiger partial charge in [0, 0.05) is 29.1 Å². The first-order chi connectivity index (χ1) is 9.26. The Bertz CT molecular complexity index is 724. The highest BCUT2D eigenvalue weighted by Crippen LogP contribution is 2.26. The Balaban J connectivity index is 2.04. The van der Waals surface area contributed by atoms with Crippen molar-refractivity contribution in [3.8, 4) is 11.8 Å². The van der Waals surface area contributed by atoms with Gasteiger partial charge in [0.1, 0.15) is 0 Å². The maximum Gasteiger partial charge on any atom is 0.240 e. The summed E-state index contributed by atoms with van der Waals surface area (Å²) >= 11 is 5.98. The summed E-state index contributed by atoms with van der Waals surface area (Å²) < 4.78 is 5.64. The van der Waals surface area contributed by atoms with Gasteiger partial charge in [0.25, 0.3) is 0 Å². The van der Waals surface area contributed by atoms with Gasteiger partial charge in [-0.2, -0.15) is 0 Å². The van der Waals surface area contributed by atoms with Crippen LogP contribution in [0.25, 0.3) is 10.9 Å². The zero-order chi connectivity index (χ0) is 13.2. The Morgan fingerprint density at radius 3 is 2.79 bits per heavy atom. The molecule has 0 aliphatic rings. The standard InChI is InChI=1S/C14H12ClN3O/c1-9-6-14(18-17-9)19-13-7-10(8-15)11-4-2-3-5-12(11)16-13/h2-7H,8H2,1H3,(H,17,18). The van der Waals surface area contributed by atoms with Crippen molar-refractivity contribution in [2.45, 2.75) is 12.8 Å². The number of aryl methyl sites for hydroxylation is 1. The summed E-state index contributed by atoms with van der Waals surface area (Å²) in [5.74, 6) is 1.42. The Morgan fingerprint density at radius 2 is 2.05 bits per heavy atom. The van der Waals surface area contributed by atoms with Crippen LogP contribution in [0.2, 0.25) is 0 Å². The third-order valence-electron chi connectivity index (χ3n) is 2.81. The van der Waals surface area contributed by atoms with Gasteiger partial charge in [0.05, 0.1) is 5.52 Å². The molecule has 1 aromatic carbocycles. The number of hydrogen-bond donors (Lipinski definition) is 1. The molecule has 2 heterocycles. The fourth-order valence-electron chi connectivity index (χ4n) is 1.94. The number of nitrogens with one attached hydrogen (secondary N) is 1. The van der Waals surface area contributed by atoms with Crippen molar-refractivity contribution in [3.05, 3.63) is 47.7 Å². The number of fused-ring (bicyclic) bond motifs is 1. The molecule has 0 atom stereocenters. The molecule has 0 saturated carbocycles. The van der Waals surface area contributed by atoms with E-state index < -0.39 is 0 Å². The Morgan fingerprint density at radius 1 is 1.21 bits per heavy atom. The first-order valence-electron chi connectivity index (χ1n) is 5.91. The van der Waals surface area contributed by atoms with E-state index in [0.29, 0.717) is 17.6 Å². The fourth-order valence-corrected chi connectivity index (χ4v) is 2.16. The number of benzene rings is 1. The number of ether oxygens (including phenoxy) is 1. The molecular weight excluding hydrogens is 262 g/mol. The van der Waals surface area contributed by atoms with Crippen molar-refractivity contribution in [2.24, 2.45) is 0 Å². The maximum atomic E-state index is 5.98. The maximum absolute atomic E-state index is 5.98. The summed E-state index contributed by atoms with van der Waals surface area (Å²) in [4.78, 5) is 4.45. The average Bonchev–Trinajstić information content (AvgIpc) is 2.83. The molecule has 0 saturated heterocycles. The Labute approximate surface area is 115 Å².